The van der Waals surface area contributed by atoms with E-state index in [1.807, 2.05) is 6.92 Å². The number of hydrogen-bond acceptors (Lipinski definition) is 6. The van der Waals surface area contributed by atoms with E-state index in [0.717, 1.165) is 10.7 Å². The molecule has 0 aliphatic carbocycles. The zero-order valence-corrected chi connectivity index (χ0v) is 11.8. The van der Waals surface area contributed by atoms with Crippen molar-refractivity contribution < 1.29 is 27.2 Å². The summed E-state index contributed by atoms with van der Waals surface area (Å²) in [4.78, 5) is 10.8. The lowest BCUT2D eigenvalue weighted by Crippen LogP contribution is -2.37. The molecule has 0 rings (SSSR count). The summed E-state index contributed by atoms with van der Waals surface area (Å²) in [6, 6.07) is 0. The van der Waals surface area contributed by atoms with Crippen molar-refractivity contribution in [2.45, 2.75) is 39.7 Å². The molecule has 1 N–H and O–H groups in total. The molecule has 108 valence electrons. The first-order chi connectivity index (χ1) is 8.33. The molecule has 0 saturated carbocycles. The molecular formula is C10H21NO6S. The van der Waals surface area contributed by atoms with Crippen LogP contribution in [0.3, 0.4) is 0 Å². The van der Waals surface area contributed by atoms with E-state index in [1.165, 1.54) is 0 Å². The number of carbonyl (C=O) groups excluding carboxylic acids is 1. The normalized spacial score (nSPS) is 12.1. The molecule has 0 saturated heterocycles. The van der Waals surface area contributed by atoms with E-state index >= 15 is 0 Å². The number of hydrogen-bond donors (Lipinski definition) is 1. The molecule has 0 unspecified atom stereocenters. The Morgan fingerprint density at radius 3 is 2.44 bits per heavy atom. The third kappa shape index (κ3) is 6.90. The van der Waals surface area contributed by atoms with Gasteiger partial charge in [-0.2, -0.15) is 8.42 Å². The Morgan fingerprint density at radius 2 is 2.00 bits per heavy atom. The van der Waals surface area contributed by atoms with Gasteiger partial charge in [-0.3, -0.25) is 0 Å². The van der Waals surface area contributed by atoms with Crippen molar-refractivity contribution in [3.63, 3.8) is 0 Å². The Balaban J connectivity index is 4.64. The number of aliphatic hydroxyl groups is 1. The average molecular weight is 283 g/mol. The first kappa shape index (κ1) is 17.3. The summed E-state index contributed by atoms with van der Waals surface area (Å²) in [5, 5.41) is 8.49. The van der Waals surface area contributed by atoms with Gasteiger partial charge in [0.1, 0.15) is 13.3 Å². The molecule has 7 nitrogen and oxygen atoms in total. The van der Waals surface area contributed by atoms with Crippen LogP contribution in [0.1, 0.15) is 33.6 Å². The first-order valence-electron chi connectivity index (χ1n) is 5.78. The molecule has 0 heterocycles. The van der Waals surface area contributed by atoms with E-state index in [2.05, 4.69) is 4.18 Å². The fraction of sp³-hybridized carbons (Fsp3) is 0.900. The largest absolute Gasteiger partial charge is 0.389 e. The quantitative estimate of drug-likeness (QED) is 0.610. The number of carbonyl (C=O) groups is 1. The Labute approximate surface area is 108 Å². The Morgan fingerprint density at radius 1 is 1.39 bits per heavy atom. The van der Waals surface area contributed by atoms with Gasteiger partial charge in [-0.05, 0) is 20.3 Å². The third-order valence-corrected chi connectivity index (χ3v) is 3.27. The molecule has 18 heavy (non-hydrogen) atoms. The van der Waals surface area contributed by atoms with Crippen LogP contribution >= 0.6 is 0 Å². The second-order valence-corrected chi connectivity index (χ2v) is 5.48. The van der Waals surface area contributed by atoms with Gasteiger partial charge in [-0.25, -0.2) is 4.79 Å². The molecule has 8 heteroatoms. The summed E-state index contributed by atoms with van der Waals surface area (Å²) in [5.41, 5.74) is 0. The molecular weight excluding hydrogens is 262 g/mol. The lowest BCUT2D eigenvalue weighted by atomic mass is 10.3. The monoisotopic (exact) mass is 283 g/mol. The number of unbranched alkanes of at least 4 members (excludes halogenated alkanes) is 1. The maximum atomic E-state index is 11.7. The number of nitrogens with zero attached hydrogens (tertiary/aromatic N) is 1. The summed E-state index contributed by atoms with van der Waals surface area (Å²) < 4.78 is 33.8. The van der Waals surface area contributed by atoms with Crippen molar-refractivity contribution in [2.75, 3.05) is 19.9 Å². The predicted molar refractivity (Wildman–Crippen MR) is 64.8 cm³/mol. The van der Waals surface area contributed by atoms with Crippen LogP contribution in [0.5, 0.6) is 0 Å². The predicted octanol–water partition coefficient (Wildman–Crippen LogP) is 0.251. The Hall–Kier alpha value is -0.700. The van der Waals surface area contributed by atoms with Crippen LogP contribution in [0.15, 0.2) is 0 Å². The van der Waals surface area contributed by atoms with Gasteiger partial charge in [0.05, 0.1) is 6.10 Å². The topological polar surface area (TPSA) is 93.1 Å². The number of ether oxygens (including phenoxy) is 1. The van der Waals surface area contributed by atoms with Crippen LogP contribution in [0, 0.1) is 0 Å². The van der Waals surface area contributed by atoms with Crippen LogP contribution in [-0.4, -0.2) is 49.8 Å². The summed E-state index contributed by atoms with van der Waals surface area (Å²) in [6.45, 7) is 4.48. The van der Waals surface area contributed by atoms with E-state index < -0.39 is 22.9 Å². The molecule has 0 atom stereocenters. The van der Waals surface area contributed by atoms with Crippen LogP contribution in [0.4, 0.5) is 0 Å². The van der Waals surface area contributed by atoms with Gasteiger partial charge in [0.2, 0.25) is 0 Å². The summed E-state index contributed by atoms with van der Waals surface area (Å²) in [7, 11) is -4.20. The highest BCUT2D eigenvalue weighted by molar-refractivity contribution is 7.84. The van der Waals surface area contributed by atoms with Gasteiger partial charge >= 0.3 is 16.3 Å². The fourth-order valence-electron chi connectivity index (χ4n) is 1.00. The Bertz CT molecular complexity index is 340. The maximum absolute atomic E-state index is 11.7. The average Bonchev–Trinajstić information content (AvgIpc) is 2.27. The molecule has 0 aromatic rings. The summed E-state index contributed by atoms with van der Waals surface area (Å²) in [5.74, 6) is -1.21. The van der Waals surface area contributed by atoms with Crippen molar-refractivity contribution in [1.29, 1.82) is 0 Å². The van der Waals surface area contributed by atoms with E-state index in [0.29, 0.717) is 6.42 Å². The Kier molecular flexibility index (Phi) is 8.08. The fourth-order valence-corrected chi connectivity index (χ4v) is 1.94. The van der Waals surface area contributed by atoms with Gasteiger partial charge in [-0.15, -0.1) is 4.31 Å². The molecule has 0 bridgehead atoms. The van der Waals surface area contributed by atoms with Crippen molar-refractivity contribution in [2.24, 2.45) is 0 Å². The van der Waals surface area contributed by atoms with Crippen molar-refractivity contribution in [3.05, 3.63) is 0 Å². The molecule has 0 aromatic carbocycles. The van der Waals surface area contributed by atoms with Gasteiger partial charge in [-0.1, -0.05) is 13.3 Å². The number of aliphatic hydroxyl groups excluding tert-OH is 1. The van der Waals surface area contributed by atoms with Gasteiger partial charge in [0.25, 0.3) is 0 Å². The summed E-state index contributed by atoms with van der Waals surface area (Å²) >= 11 is 0. The third-order valence-electron chi connectivity index (χ3n) is 1.96. The van der Waals surface area contributed by atoms with E-state index in [9.17, 15) is 13.2 Å². The second kappa shape index (κ2) is 8.41. The minimum absolute atomic E-state index is 0.141. The molecule has 0 aliphatic heterocycles. The van der Waals surface area contributed by atoms with Crippen LogP contribution in [-0.2, 0) is 24.0 Å². The number of rotatable bonds is 9. The van der Waals surface area contributed by atoms with Crippen molar-refractivity contribution in [1.82, 2.24) is 4.31 Å². The second-order valence-electron chi connectivity index (χ2n) is 3.94. The first-order valence-corrected chi connectivity index (χ1v) is 7.14. The van der Waals surface area contributed by atoms with E-state index in [-0.39, 0.29) is 19.4 Å². The smallest absolute Gasteiger partial charge is 0.385 e. The molecule has 0 aromatic heterocycles. The zero-order chi connectivity index (χ0) is 14.2. The minimum Gasteiger partial charge on any atom is -0.385 e. The highest BCUT2D eigenvalue weighted by atomic mass is 32.2. The molecule has 0 fully saturated rings. The summed E-state index contributed by atoms with van der Waals surface area (Å²) in [6.07, 6.45) is 1.27. The lowest BCUT2D eigenvalue weighted by molar-refractivity contribution is -0.137. The van der Waals surface area contributed by atoms with Gasteiger partial charge in [0, 0.05) is 6.54 Å². The highest BCUT2D eigenvalue weighted by Gasteiger charge is 2.26. The van der Waals surface area contributed by atoms with Crippen LogP contribution in [0.2, 0.25) is 0 Å². The van der Waals surface area contributed by atoms with Crippen molar-refractivity contribution in [3.8, 4) is 0 Å². The zero-order valence-electron chi connectivity index (χ0n) is 11.0. The standard InChI is InChI=1S/C10H21NO6S/c1-4-5-6-11(8-16-9(2)3)18(14,15)17-10(13)7-12/h9,12H,4-8H2,1-3H3. The van der Waals surface area contributed by atoms with Gasteiger partial charge < -0.3 is 14.0 Å². The van der Waals surface area contributed by atoms with E-state index in [4.69, 9.17) is 9.84 Å². The van der Waals surface area contributed by atoms with Crippen LogP contribution in [0.25, 0.3) is 0 Å². The van der Waals surface area contributed by atoms with Crippen LogP contribution < -0.4 is 0 Å². The molecule has 0 amide bonds. The SMILES string of the molecule is CCCCN(COC(C)C)S(=O)(=O)OC(=O)CO. The lowest BCUT2D eigenvalue weighted by Gasteiger charge is -2.21. The molecule has 0 spiro atoms. The minimum atomic E-state index is -4.20. The maximum Gasteiger partial charge on any atom is 0.389 e. The molecule has 0 radical (unpaired) electrons. The van der Waals surface area contributed by atoms with Gasteiger partial charge in [0.15, 0.2) is 0 Å². The molecule has 0 aliphatic rings. The highest BCUT2D eigenvalue weighted by Crippen LogP contribution is 2.07. The van der Waals surface area contributed by atoms with E-state index in [1.54, 1.807) is 13.8 Å². The van der Waals surface area contributed by atoms with Crippen molar-refractivity contribution >= 4 is 16.3 Å².